The van der Waals surface area contributed by atoms with Crippen LogP contribution in [0.4, 0.5) is 0 Å². The van der Waals surface area contributed by atoms with Crippen LogP contribution in [0.15, 0.2) is 36.9 Å². The fourth-order valence-corrected chi connectivity index (χ4v) is 3.36. The summed E-state index contributed by atoms with van der Waals surface area (Å²) >= 11 is 0. The van der Waals surface area contributed by atoms with Gasteiger partial charge in [-0.2, -0.15) is 0 Å². The molecule has 134 valence electrons. The zero-order valence-electron chi connectivity index (χ0n) is 13.9. The van der Waals surface area contributed by atoms with Crippen LogP contribution in [0.5, 0.6) is 5.88 Å². The van der Waals surface area contributed by atoms with E-state index in [2.05, 4.69) is 49.9 Å². The maximum Gasteiger partial charge on any atom is 0.359 e. The fourth-order valence-electron chi connectivity index (χ4n) is 3.36. The van der Waals surface area contributed by atoms with Crippen molar-refractivity contribution in [2.24, 2.45) is 0 Å². The molecule has 2 aromatic heterocycles. The summed E-state index contributed by atoms with van der Waals surface area (Å²) in [7, 11) is 0. The summed E-state index contributed by atoms with van der Waals surface area (Å²) in [5, 5.41) is 26.3. The highest BCUT2D eigenvalue weighted by molar-refractivity contribution is 5.87. The van der Waals surface area contributed by atoms with Gasteiger partial charge in [0.2, 0.25) is 5.69 Å². The van der Waals surface area contributed by atoms with Crippen LogP contribution < -0.4 is 4.74 Å². The van der Waals surface area contributed by atoms with Crippen molar-refractivity contribution in [3.63, 3.8) is 0 Å². The van der Waals surface area contributed by atoms with Crippen molar-refractivity contribution >= 4 is 5.97 Å². The van der Waals surface area contributed by atoms with Crippen molar-refractivity contribution in [1.82, 2.24) is 30.2 Å². The molecule has 26 heavy (non-hydrogen) atoms. The molecule has 0 unspecified atom stereocenters. The molecular weight excluding hydrogens is 336 g/mol. The van der Waals surface area contributed by atoms with Gasteiger partial charge < -0.3 is 9.84 Å². The third kappa shape index (κ3) is 3.28. The van der Waals surface area contributed by atoms with Crippen LogP contribution in [0, 0.1) is 0 Å². The molecule has 2 N–H and O–H groups in total. The largest absolute Gasteiger partial charge is 0.476 e. The Hall–Kier alpha value is -3.23. The highest BCUT2D eigenvalue weighted by Crippen LogP contribution is 2.34. The number of rotatable bonds is 5. The molecule has 1 aromatic carbocycles. The molecule has 0 radical (unpaired) electrons. The van der Waals surface area contributed by atoms with Crippen molar-refractivity contribution < 1.29 is 14.6 Å². The molecule has 0 aliphatic heterocycles. The summed E-state index contributed by atoms with van der Waals surface area (Å²) < 4.78 is 7.60. The lowest BCUT2D eigenvalue weighted by atomic mass is 9.82. The average Bonchev–Trinajstić information content (AvgIpc) is 3.34. The molecule has 2 heterocycles. The lowest BCUT2D eigenvalue weighted by Gasteiger charge is -2.28. The highest BCUT2D eigenvalue weighted by atomic mass is 16.5. The second-order valence-electron chi connectivity index (χ2n) is 6.35. The van der Waals surface area contributed by atoms with Crippen LogP contribution in [0.1, 0.15) is 47.7 Å². The molecule has 1 aliphatic carbocycles. The van der Waals surface area contributed by atoms with Crippen LogP contribution in [0.2, 0.25) is 0 Å². The Balaban J connectivity index is 1.36. The Morgan fingerprint density at radius 1 is 1.12 bits per heavy atom. The molecule has 3 aromatic rings. The van der Waals surface area contributed by atoms with Crippen LogP contribution in [-0.2, 0) is 0 Å². The van der Waals surface area contributed by atoms with Gasteiger partial charge in [0.25, 0.3) is 5.88 Å². The Morgan fingerprint density at radius 2 is 1.81 bits per heavy atom. The van der Waals surface area contributed by atoms with E-state index in [4.69, 9.17) is 9.84 Å². The first-order valence-corrected chi connectivity index (χ1v) is 8.46. The van der Waals surface area contributed by atoms with Crippen LogP contribution in [0.25, 0.3) is 5.69 Å². The first kappa shape index (κ1) is 16.2. The number of carbonyl (C=O) groups is 1. The number of nitrogens with one attached hydrogen (secondary N) is 1. The number of aromatic carboxylic acids is 1. The number of nitrogens with zero attached hydrogens (tertiary/aromatic N) is 5. The van der Waals surface area contributed by atoms with Gasteiger partial charge in [-0.1, -0.05) is 22.4 Å². The van der Waals surface area contributed by atoms with Gasteiger partial charge in [-0.25, -0.2) is 9.89 Å². The maximum atomic E-state index is 11.1. The van der Waals surface area contributed by atoms with Gasteiger partial charge in [0.15, 0.2) is 0 Å². The van der Waals surface area contributed by atoms with Crippen molar-refractivity contribution in [3.05, 3.63) is 48.2 Å². The van der Waals surface area contributed by atoms with E-state index in [-0.39, 0.29) is 17.7 Å². The highest BCUT2D eigenvalue weighted by Gasteiger charge is 2.26. The Labute approximate surface area is 149 Å². The van der Waals surface area contributed by atoms with Crippen molar-refractivity contribution in [2.45, 2.75) is 37.7 Å². The SMILES string of the molecule is O=C(O)c1[nH]nnc1O[C@H]1CC[C@H](c2ccc(-n3cnnc3)cc2)CC1. The standard InChI is InChI=1S/C17H18N6O3/c24-17(25)15-16(21-22-20-15)26-14-7-3-12(4-8-14)11-1-5-13(6-2-11)23-9-18-19-10-23/h1-2,5-6,9-10,12,14H,3-4,7-8H2,(H,24,25)(H,20,21,22)/t12-,14-. The van der Waals surface area contributed by atoms with E-state index < -0.39 is 5.97 Å². The van der Waals surface area contributed by atoms with Crippen molar-refractivity contribution in [3.8, 4) is 11.6 Å². The third-order valence-electron chi connectivity index (χ3n) is 4.76. The van der Waals surface area contributed by atoms with E-state index >= 15 is 0 Å². The second kappa shape index (κ2) is 6.95. The number of aromatic amines is 1. The minimum absolute atomic E-state index is 0.0363. The molecule has 4 rings (SSSR count). The number of H-pyrrole nitrogens is 1. The summed E-state index contributed by atoms with van der Waals surface area (Å²) in [5.74, 6) is -0.577. The zero-order valence-corrected chi connectivity index (χ0v) is 13.9. The second-order valence-corrected chi connectivity index (χ2v) is 6.35. The van der Waals surface area contributed by atoms with Gasteiger partial charge in [-0.05, 0) is 49.3 Å². The number of hydrogen-bond donors (Lipinski definition) is 2. The van der Waals surface area contributed by atoms with Gasteiger partial charge in [0.05, 0.1) is 0 Å². The smallest absolute Gasteiger partial charge is 0.359 e. The van der Waals surface area contributed by atoms with E-state index in [1.165, 1.54) is 5.56 Å². The van der Waals surface area contributed by atoms with Gasteiger partial charge in [0.1, 0.15) is 18.8 Å². The minimum atomic E-state index is -1.12. The normalized spacial score (nSPS) is 20.0. The summed E-state index contributed by atoms with van der Waals surface area (Å²) in [6.45, 7) is 0. The van der Waals surface area contributed by atoms with Crippen LogP contribution >= 0.6 is 0 Å². The number of benzene rings is 1. The van der Waals surface area contributed by atoms with Gasteiger partial charge in [0, 0.05) is 5.69 Å². The predicted octanol–water partition coefficient (Wildman–Crippen LogP) is 2.19. The number of carboxylic acids is 1. The number of hydrogen-bond acceptors (Lipinski definition) is 6. The number of ether oxygens (including phenoxy) is 1. The lowest BCUT2D eigenvalue weighted by Crippen LogP contribution is -2.24. The minimum Gasteiger partial charge on any atom is -0.476 e. The first-order chi connectivity index (χ1) is 12.7. The first-order valence-electron chi connectivity index (χ1n) is 8.46. The molecule has 9 heteroatoms. The fraction of sp³-hybridized carbons (Fsp3) is 0.353. The van der Waals surface area contributed by atoms with Crippen molar-refractivity contribution in [1.29, 1.82) is 0 Å². The predicted molar refractivity (Wildman–Crippen MR) is 90.3 cm³/mol. The van der Waals surface area contributed by atoms with E-state index in [9.17, 15) is 4.79 Å². The summed E-state index contributed by atoms with van der Waals surface area (Å²) in [6.07, 6.45) is 6.98. The molecule has 0 atom stereocenters. The topological polar surface area (TPSA) is 119 Å². The number of aromatic nitrogens is 6. The Morgan fingerprint density at radius 3 is 2.46 bits per heavy atom. The summed E-state index contributed by atoms with van der Waals surface area (Å²) in [5.41, 5.74) is 2.23. The lowest BCUT2D eigenvalue weighted by molar-refractivity contribution is 0.0678. The molecular formula is C17H18N6O3. The number of carboxylic acid groups (broad SMARTS) is 1. The zero-order chi connectivity index (χ0) is 17.9. The average molecular weight is 354 g/mol. The third-order valence-corrected chi connectivity index (χ3v) is 4.76. The molecule has 1 saturated carbocycles. The van der Waals surface area contributed by atoms with Crippen LogP contribution in [-0.4, -0.2) is 47.4 Å². The van der Waals surface area contributed by atoms with E-state index in [1.807, 2.05) is 4.57 Å². The van der Waals surface area contributed by atoms with E-state index in [0.29, 0.717) is 5.92 Å². The van der Waals surface area contributed by atoms with E-state index in [0.717, 1.165) is 31.4 Å². The molecule has 0 saturated heterocycles. The molecule has 0 bridgehead atoms. The Kier molecular flexibility index (Phi) is 4.34. The van der Waals surface area contributed by atoms with Gasteiger partial charge >= 0.3 is 5.97 Å². The molecule has 0 spiro atoms. The summed E-state index contributed by atoms with van der Waals surface area (Å²) in [4.78, 5) is 11.1. The van der Waals surface area contributed by atoms with Gasteiger partial charge in [-0.15, -0.1) is 10.2 Å². The maximum absolute atomic E-state index is 11.1. The van der Waals surface area contributed by atoms with Crippen LogP contribution in [0.3, 0.4) is 0 Å². The monoisotopic (exact) mass is 354 g/mol. The van der Waals surface area contributed by atoms with Crippen molar-refractivity contribution in [2.75, 3.05) is 0 Å². The van der Waals surface area contributed by atoms with Gasteiger partial charge in [-0.3, -0.25) is 4.57 Å². The quantitative estimate of drug-likeness (QED) is 0.721. The molecule has 0 amide bonds. The molecule has 1 fully saturated rings. The molecule has 1 aliphatic rings. The van der Waals surface area contributed by atoms with E-state index in [1.54, 1.807) is 12.7 Å². The summed E-state index contributed by atoms with van der Waals surface area (Å²) in [6, 6.07) is 8.41. The Bertz CT molecular complexity index is 866. The molecule has 9 nitrogen and oxygen atoms in total.